The summed E-state index contributed by atoms with van der Waals surface area (Å²) in [7, 11) is 1.00. The first-order valence-corrected chi connectivity index (χ1v) is 7.84. The lowest BCUT2D eigenvalue weighted by Gasteiger charge is -2.13. The van der Waals surface area contributed by atoms with Gasteiger partial charge in [-0.1, -0.05) is 60.3 Å². The minimum absolute atomic E-state index is 0.167. The molecule has 0 radical (unpaired) electrons. The molecular formula is C16H41NO2. The fourth-order valence-electron chi connectivity index (χ4n) is 1.17. The van der Waals surface area contributed by atoms with Crippen molar-refractivity contribution in [2.24, 2.45) is 0 Å². The fourth-order valence-corrected chi connectivity index (χ4v) is 1.17. The van der Waals surface area contributed by atoms with Crippen molar-refractivity contribution in [1.29, 1.82) is 0 Å². The Morgan fingerprint density at radius 2 is 0.947 bits per heavy atom. The molecule has 0 aliphatic rings. The second kappa shape index (κ2) is 30.7. The molecule has 0 saturated heterocycles. The van der Waals surface area contributed by atoms with Crippen molar-refractivity contribution in [1.82, 2.24) is 4.90 Å². The molecule has 0 spiro atoms. The van der Waals surface area contributed by atoms with Gasteiger partial charge >= 0.3 is 0 Å². The lowest BCUT2D eigenvalue weighted by atomic mass is 10.2. The highest BCUT2D eigenvalue weighted by Crippen LogP contribution is 1.95. The van der Waals surface area contributed by atoms with Gasteiger partial charge in [0.15, 0.2) is 0 Å². The Balaban J connectivity index is -0.0000000858. The number of hydrogen-bond acceptors (Lipinski definition) is 3. The van der Waals surface area contributed by atoms with Crippen molar-refractivity contribution in [2.45, 2.75) is 80.3 Å². The van der Waals surface area contributed by atoms with Gasteiger partial charge in [-0.2, -0.15) is 0 Å². The summed E-state index contributed by atoms with van der Waals surface area (Å²) < 4.78 is 0. The topological polar surface area (TPSA) is 43.7 Å². The van der Waals surface area contributed by atoms with Gasteiger partial charge in [0.25, 0.3) is 0 Å². The molecule has 0 rings (SSSR count). The van der Waals surface area contributed by atoms with Crippen LogP contribution in [0, 0.1) is 0 Å². The molecule has 0 atom stereocenters. The molecule has 3 nitrogen and oxygen atoms in total. The van der Waals surface area contributed by atoms with Crippen molar-refractivity contribution in [3.8, 4) is 0 Å². The SMILES string of the molecule is CC(C)O.CCCCCC.CCN(CC)CC.CO. The number of aliphatic hydroxyl groups is 2. The molecule has 0 aromatic heterocycles. The van der Waals surface area contributed by atoms with E-state index < -0.39 is 0 Å². The number of aliphatic hydroxyl groups excluding tert-OH is 2. The van der Waals surface area contributed by atoms with Crippen LogP contribution >= 0.6 is 0 Å². The average molecular weight is 280 g/mol. The van der Waals surface area contributed by atoms with Gasteiger partial charge in [0.05, 0.1) is 0 Å². The zero-order chi connectivity index (χ0) is 16.1. The lowest BCUT2D eigenvalue weighted by molar-refractivity contribution is 0.216. The molecule has 0 aromatic rings. The van der Waals surface area contributed by atoms with E-state index in [1.54, 1.807) is 13.8 Å². The molecule has 0 amide bonds. The highest BCUT2D eigenvalue weighted by Gasteiger charge is 1.89. The fraction of sp³-hybridized carbons (Fsp3) is 1.00. The Labute approximate surface area is 123 Å². The Morgan fingerprint density at radius 3 is 1.00 bits per heavy atom. The van der Waals surface area contributed by atoms with Crippen LogP contribution in [0.1, 0.15) is 74.1 Å². The summed E-state index contributed by atoms with van der Waals surface area (Å²) in [5.74, 6) is 0. The molecule has 0 heterocycles. The minimum Gasteiger partial charge on any atom is -0.400 e. The van der Waals surface area contributed by atoms with Gasteiger partial charge in [-0.25, -0.2) is 0 Å². The van der Waals surface area contributed by atoms with Crippen molar-refractivity contribution in [2.75, 3.05) is 26.7 Å². The number of unbranched alkanes of at least 4 members (excludes halogenated alkanes) is 3. The highest BCUT2D eigenvalue weighted by atomic mass is 16.3. The zero-order valence-electron chi connectivity index (χ0n) is 14.9. The second-order valence-corrected chi connectivity index (χ2v) is 4.42. The minimum atomic E-state index is -0.167. The predicted molar refractivity (Wildman–Crippen MR) is 88.8 cm³/mol. The Bertz CT molecular complexity index is 92.7. The quantitative estimate of drug-likeness (QED) is 0.724. The van der Waals surface area contributed by atoms with E-state index in [0.29, 0.717) is 0 Å². The van der Waals surface area contributed by atoms with Crippen LogP contribution in [0.5, 0.6) is 0 Å². The third kappa shape index (κ3) is 57.2. The van der Waals surface area contributed by atoms with Crippen LogP contribution < -0.4 is 0 Å². The first-order valence-electron chi connectivity index (χ1n) is 7.84. The van der Waals surface area contributed by atoms with E-state index in [9.17, 15) is 0 Å². The van der Waals surface area contributed by atoms with Gasteiger partial charge in [-0.3, -0.25) is 0 Å². The maximum Gasteiger partial charge on any atom is 0.0483 e. The molecule has 0 fully saturated rings. The molecule has 0 unspecified atom stereocenters. The van der Waals surface area contributed by atoms with E-state index in [0.717, 1.165) is 7.11 Å². The third-order valence-corrected chi connectivity index (χ3v) is 2.30. The normalized spacial score (nSPS) is 8.84. The summed E-state index contributed by atoms with van der Waals surface area (Å²) in [6.45, 7) is 18.0. The molecule has 3 heteroatoms. The van der Waals surface area contributed by atoms with E-state index in [-0.39, 0.29) is 6.10 Å². The molecule has 0 aromatic carbocycles. The summed E-state index contributed by atoms with van der Waals surface area (Å²) in [5.41, 5.74) is 0. The van der Waals surface area contributed by atoms with Gasteiger partial charge in [-0.05, 0) is 33.5 Å². The molecule has 0 aliphatic heterocycles. The number of nitrogens with zero attached hydrogens (tertiary/aromatic N) is 1. The van der Waals surface area contributed by atoms with Gasteiger partial charge in [0, 0.05) is 13.2 Å². The number of rotatable bonds is 6. The van der Waals surface area contributed by atoms with Crippen molar-refractivity contribution in [3.05, 3.63) is 0 Å². The van der Waals surface area contributed by atoms with Gasteiger partial charge in [0.2, 0.25) is 0 Å². The standard InChI is InChI=1S/C6H15N.C6H14.C3H8O.CH4O/c1-4-7(5-2)6-3;1-3-5-6-4-2;1-3(2)4;1-2/h4-6H2,1-3H3;3-6H2,1-2H3;3-4H,1-2H3;2H,1H3. The van der Waals surface area contributed by atoms with Crippen molar-refractivity contribution < 1.29 is 10.2 Å². The second-order valence-electron chi connectivity index (χ2n) is 4.42. The maximum absolute atomic E-state index is 8.06. The predicted octanol–water partition coefficient (Wildman–Crippen LogP) is 3.93. The number of hydrogen-bond donors (Lipinski definition) is 2. The van der Waals surface area contributed by atoms with E-state index >= 15 is 0 Å². The van der Waals surface area contributed by atoms with Crippen LogP contribution in [-0.2, 0) is 0 Å². The van der Waals surface area contributed by atoms with Crippen LogP contribution in [0.2, 0.25) is 0 Å². The van der Waals surface area contributed by atoms with Crippen LogP contribution in [0.4, 0.5) is 0 Å². The van der Waals surface area contributed by atoms with E-state index in [4.69, 9.17) is 10.2 Å². The van der Waals surface area contributed by atoms with E-state index in [1.165, 1.54) is 45.3 Å². The highest BCUT2D eigenvalue weighted by molar-refractivity contribution is 4.43. The molecular weight excluding hydrogens is 238 g/mol. The van der Waals surface area contributed by atoms with Gasteiger partial charge in [0.1, 0.15) is 0 Å². The summed E-state index contributed by atoms with van der Waals surface area (Å²) in [6.07, 6.45) is 5.37. The van der Waals surface area contributed by atoms with Crippen molar-refractivity contribution in [3.63, 3.8) is 0 Å². The van der Waals surface area contributed by atoms with Crippen molar-refractivity contribution >= 4 is 0 Å². The largest absolute Gasteiger partial charge is 0.400 e. The monoisotopic (exact) mass is 279 g/mol. The van der Waals surface area contributed by atoms with Crippen LogP contribution in [0.15, 0.2) is 0 Å². The summed E-state index contributed by atoms with van der Waals surface area (Å²) in [5, 5.41) is 15.1. The lowest BCUT2D eigenvalue weighted by Crippen LogP contribution is -2.21. The molecule has 0 bridgehead atoms. The third-order valence-electron chi connectivity index (χ3n) is 2.30. The summed E-state index contributed by atoms with van der Waals surface area (Å²) >= 11 is 0. The molecule has 0 aliphatic carbocycles. The summed E-state index contributed by atoms with van der Waals surface area (Å²) in [6, 6.07) is 0. The smallest absolute Gasteiger partial charge is 0.0483 e. The Hall–Kier alpha value is -0.120. The van der Waals surface area contributed by atoms with E-state index in [2.05, 4.69) is 39.5 Å². The summed E-state index contributed by atoms with van der Waals surface area (Å²) in [4.78, 5) is 2.38. The zero-order valence-corrected chi connectivity index (χ0v) is 14.9. The van der Waals surface area contributed by atoms with Gasteiger partial charge in [-0.15, -0.1) is 0 Å². The molecule has 0 saturated carbocycles. The first kappa shape index (κ1) is 27.3. The molecule has 2 N–H and O–H groups in total. The molecule has 19 heavy (non-hydrogen) atoms. The average Bonchev–Trinajstić information content (AvgIpc) is 2.41. The first-order chi connectivity index (χ1) is 8.99. The van der Waals surface area contributed by atoms with Crippen LogP contribution in [0.3, 0.4) is 0 Å². The van der Waals surface area contributed by atoms with Crippen LogP contribution in [-0.4, -0.2) is 48.0 Å². The maximum atomic E-state index is 8.06. The molecule has 122 valence electrons. The van der Waals surface area contributed by atoms with Gasteiger partial charge < -0.3 is 15.1 Å². The Kier molecular flexibility index (Phi) is 44.1. The Morgan fingerprint density at radius 1 is 0.737 bits per heavy atom. The van der Waals surface area contributed by atoms with Crippen LogP contribution in [0.25, 0.3) is 0 Å². The van der Waals surface area contributed by atoms with E-state index in [1.807, 2.05) is 0 Å².